The number of nitrogen functional groups attached to an aromatic ring is 1. The number of hydrogen-bond acceptors (Lipinski definition) is 5. The van der Waals surface area contributed by atoms with Crippen molar-refractivity contribution in [3.8, 4) is 11.1 Å². The summed E-state index contributed by atoms with van der Waals surface area (Å²) in [6.07, 6.45) is -4.33. The van der Waals surface area contributed by atoms with Gasteiger partial charge in [0, 0.05) is 31.7 Å². The minimum absolute atomic E-state index is 0.0542. The van der Waals surface area contributed by atoms with Crippen molar-refractivity contribution in [2.75, 3.05) is 40.7 Å². The van der Waals surface area contributed by atoms with Crippen molar-refractivity contribution in [1.29, 1.82) is 0 Å². The number of benzene rings is 1. The van der Waals surface area contributed by atoms with Crippen LogP contribution in [0, 0.1) is 12.8 Å². The Bertz CT molecular complexity index is 1200. The minimum Gasteiger partial charge on any atom is -0.384 e. The molecule has 0 bridgehead atoms. The van der Waals surface area contributed by atoms with E-state index in [-0.39, 0.29) is 30.5 Å². The maximum absolute atomic E-state index is 12.7. The molecule has 3 N–H and O–H groups in total. The van der Waals surface area contributed by atoms with Gasteiger partial charge in [0.2, 0.25) is 10.0 Å². The number of carbonyl (C=O) groups excluding carboxylic acids is 1. The summed E-state index contributed by atoms with van der Waals surface area (Å²) in [4.78, 5) is 18.2. The highest BCUT2D eigenvalue weighted by molar-refractivity contribution is 7.93. The van der Waals surface area contributed by atoms with Gasteiger partial charge < -0.3 is 16.0 Å². The fourth-order valence-electron chi connectivity index (χ4n) is 4.44. The van der Waals surface area contributed by atoms with E-state index in [1.165, 1.54) is 9.21 Å². The fraction of sp³-hybridized carbons (Fsp3) is 0.455. The van der Waals surface area contributed by atoms with E-state index in [4.69, 9.17) is 5.73 Å². The van der Waals surface area contributed by atoms with Gasteiger partial charge in [0.05, 0.1) is 5.75 Å². The summed E-state index contributed by atoms with van der Waals surface area (Å²) < 4.78 is 63.9. The zero-order chi connectivity index (χ0) is 24.7. The molecule has 4 rings (SSSR count). The van der Waals surface area contributed by atoms with E-state index in [2.05, 4.69) is 10.3 Å². The van der Waals surface area contributed by atoms with Crippen molar-refractivity contribution in [1.82, 2.24) is 9.88 Å². The Morgan fingerprint density at radius 3 is 2.68 bits per heavy atom. The fourth-order valence-corrected chi connectivity index (χ4v) is 5.94. The molecule has 1 atom stereocenters. The Balaban J connectivity index is 1.54. The Morgan fingerprint density at radius 2 is 2.00 bits per heavy atom. The van der Waals surface area contributed by atoms with Gasteiger partial charge in [-0.05, 0) is 66.6 Å². The summed E-state index contributed by atoms with van der Waals surface area (Å²) in [5.41, 5.74) is 8.67. The monoisotopic (exact) mass is 497 g/mol. The molecule has 1 aromatic carbocycles. The molecule has 2 aliphatic heterocycles. The number of anilines is 3. The molecule has 0 unspecified atom stereocenters. The Kier molecular flexibility index (Phi) is 6.36. The second kappa shape index (κ2) is 8.97. The topological polar surface area (TPSA) is 109 Å². The molecule has 2 aliphatic rings. The molecule has 12 heteroatoms. The van der Waals surface area contributed by atoms with E-state index >= 15 is 0 Å². The summed E-state index contributed by atoms with van der Waals surface area (Å²) in [5, 5.41) is 2.75. The van der Waals surface area contributed by atoms with Crippen LogP contribution in [0.4, 0.5) is 35.3 Å². The number of likely N-dealkylation sites (tertiary alicyclic amines) is 1. The van der Waals surface area contributed by atoms with Crippen LogP contribution in [0.15, 0.2) is 30.3 Å². The Morgan fingerprint density at radius 1 is 1.24 bits per heavy atom. The molecule has 3 heterocycles. The van der Waals surface area contributed by atoms with Crippen molar-refractivity contribution < 1.29 is 26.4 Å². The second-order valence-electron chi connectivity index (χ2n) is 8.76. The first-order valence-corrected chi connectivity index (χ1v) is 12.5. The molecule has 0 saturated carbocycles. The van der Waals surface area contributed by atoms with Crippen LogP contribution in [0.3, 0.4) is 0 Å². The molecule has 1 aromatic heterocycles. The number of rotatable bonds is 4. The highest BCUT2D eigenvalue weighted by Crippen LogP contribution is 2.33. The molecule has 2 amide bonds. The number of alkyl halides is 3. The molecular formula is C22H26F3N5O3S. The summed E-state index contributed by atoms with van der Waals surface area (Å²) in [6, 6.07) is 8.05. The van der Waals surface area contributed by atoms with E-state index in [9.17, 15) is 26.4 Å². The molecule has 184 valence electrons. The van der Waals surface area contributed by atoms with E-state index in [0.29, 0.717) is 30.6 Å². The van der Waals surface area contributed by atoms with Gasteiger partial charge in [-0.2, -0.15) is 13.2 Å². The molecule has 2 fully saturated rings. The number of urea groups is 1. The second-order valence-corrected chi connectivity index (χ2v) is 10.8. The summed E-state index contributed by atoms with van der Waals surface area (Å²) in [5.74, 6) is -0.135. The lowest BCUT2D eigenvalue weighted by atomic mass is 10.0. The summed E-state index contributed by atoms with van der Waals surface area (Å²) >= 11 is 0. The van der Waals surface area contributed by atoms with Crippen LogP contribution >= 0.6 is 0 Å². The van der Waals surface area contributed by atoms with Crippen molar-refractivity contribution >= 4 is 33.4 Å². The number of aryl methyl sites for hydroxylation is 1. The van der Waals surface area contributed by atoms with Crippen molar-refractivity contribution in [2.45, 2.75) is 32.4 Å². The lowest BCUT2D eigenvalue weighted by Crippen LogP contribution is -2.33. The van der Waals surface area contributed by atoms with Gasteiger partial charge in [-0.15, -0.1) is 0 Å². The van der Waals surface area contributed by atoms with Crippen molar-refractivity contribution in [3.05, 3.63) is 35.9 Å². The summed E-state index contributed by atoms with van der Waals surface area (Å²) in [7, 11) is -3.43. The molecule has 34 heavy (non-hydrogen) atoms. The first-order valence-electron chi connectivity index (χ1n) is 10.9. The van der Waals surface area contributed by atoms with Gasteiger partial charge in [0.1, 0.15) is 11.6 Å². The minimum atomic E-state index is -4.25. The third-order valence-corrected chi connectivity index (χ3v) is 7.93. The van der Waals surface area contributed by atoms with Crippen molar-refractivity contribution in [3.63, 3.8) is 0 Å². The summed E-state index contributed by atoms with van der Waals surface area (Å²) in [6.45, 7) is 2.52. The van der Waals surface area contributed by atoms with Crippen LogP contribution in [-0.2, 0) is 10.0 Å². The van der Waals surface area contributed by atoms with Gasteiger partial charge in [-0.3, -0.25) is 4.31 Å². The zero-order valence-electron chi connectivity index (χ0n) is 18.6. The van der Waals surface area contributed by atoms with Gasteiger partial charge in [-0.1, -0.05) is 6.07 Å². The maximum Gasteiger partial charge on any atom is 0.389 e. The number of nitrogens with one attached hydrogen (secondary N) is 1. The standard InChI is InChI=1S/C22H26F3N5O3S/c1-14-3-4-17(27-21(31)29-7-5-15(13-29)12-22(23,24)25)11-18(14)16-9-19(26)28-20(10-16)30-6-2-8-34(30,32)33/h3-4,9-11,15H,2,5-8,12-13H2,1H3,(H2,26,28)(H,27,31)/t15-/m0/s1. The Labute approximate surface area is 196 Å². The number of sulfonamides is 1. The van der Waals surface area contributed by atoms with Gasteiger partial charge in [-0.25, -0.2) is 18.2 Å². The molecule has 0 aliphatic carbocycles. The van der Waals surface area contributed by atoms with Crippen LogP contribution < -0.4 is 15.4 Å². The van der Waals surface area contributed by atoms with E-state index in [1.54, 1.807) is 30.3 Å². The molecular weight excluding hydrogens is 471 g/mol. The van der Waals surface area contributed by atoms with Crippen LogP contribution in [0.1, 0.15) is 24.8 Å². The van der Waals surface area contributed by atoms with E-state index < -0.39 is 34.6 Å². The first-order chi connectivity index (χ1) is 15.9. The first kappa shape index (κ1) is 24.1. The normalized spacial score (nSPS) is 20.1. The zero-order valence-corrected chi connectivity index (χ0v) is 19.4. The van der Waals surface area contributed by atoms with Crippen molar-refractivity contribution in [2.24, 2.45) is 5.92 Å². The number of amides is 2. The van der Waals surface area contributed by atoms with Crippen LogP contribution in [0.2, 0.25) is 0 Å². The number of nitrogens with two attached hydrogens (primary N) is 1. The highest BCUT2D eigenvalue weighted by atomic mass is 32.2. The number of hydrogen-bond donors (Lipinski definition) is 2. The quantitative estimate of drug-likeness (QED) is 0.664. The molecule has 0 radical (unpaired) electrons. The molecule has 2 saturated heterocycles. The van der Waals surface area contributed by atoms with Crippen LogP contribution in [0.5, 0.6) is 0 Å². The third kappa shape index (κ3) is 5.37. The van der Waals surface area contributed by atoms with Gasteiger partial charge in [0.25, 0.3) is 0 Å². The van der Waals surface area contributed by atoms with E-state index in [1.807, 2.05) is 6.92 Å². The average molecular weight is 498 g/mol. The Hall–Kier alpha value is -3.02. The van der Waals surface area contributed by atoms with Gasteiger partial charge in [0.15, 0.2) is 0 Å². The predicted octanol–water partition coefficient (Wildman–Crippen LogP) is 3.99. The molecule has 2 aromatic rings. The number of carbonyl (C=O) groups is 1. The van der Waals surface area contributed by atoms with E-state index in [0.717, 1.165) is 11.1 Å². The number of aromatic nitrogens is 1. The van der Waals surface area contributed by atoms with Crippen LogP contribution in [0.25, 0.3) is 11.1 Å². The number of nitrogens with zero attached hydrogens (tertiary/aromatic N) is 3. The lowest BCUT2D eigenvalue weighted by Gasteiger charge is -2.19. The lowest BCUT2D eigenvalue weighted by molar-refractivity contribution is -0.143. The number of halogens is 3. The third-order valence-electron chi connectivity index (χ3n) is 6.08. The molecule has 0 spiro atoms. The predicted molar refractivity (Wildman–Crippen MR) is 124 cm³/mol. The van der Waals surface area contributed by atoms with Gasteiger partial charge >= 0.3 is 12.2 Å². The van der Waals surface area contributed by atoms with Crippen LogP contribution in [-0.4, -0.2) is 55.9 Å². The highest BCUT2D eigenvalue weighted by Gasteiger charge is 2.36. The average Bonchev–Trinajstić information content (AvgIpc) is 3.33. The molecule has 8 nitrogen and oxygen atoms in total. The SMILES string of the molecule is Cc1ccc(NC(=O)N2CC[C@@H](CC(F)(F)F)C2)cc1-c1cc(N)nc(N2CCCS2(=O)=O)c1. The maximum atomic E-state index is 12.7. The largest absolute Gasteiger partial charge is 0.389 e. The smallest absolute Gasteiger partial charge is 0.384 e. The number of pyridine rings is 1.